The number of halogens is 3. The van der Waals surface area contributed by atoms with E-state index in [0.29, 0.717) is 5.69 Å². The molecule has 1 saturated heterocycles. The van der Waals surface area contributed by atoms with E-state index < -0.39 is 11.7 Å². The highest BCUT2D eigenvalue weighted by Gasteiger charge is 2.33. The van der Waals surface area contributed by atoms with E-state index in [-0.39, 0.29) is 12.1 Å². The van der Waals surface area contributed by atoms with Gasteiger partial charge in [0, 0.05) is 37.4 Å². The van der Waals surface area contributed by atoms with Gasteiger partial charge in [-0.05, 0) is 37.6 Å². The molecule has 25 heavy (non-hydrogen) atoms. The highest BCUT2D eigenvalue weighted by molar-refractivity contribution is 5.50. The van der Waals surface area contributed by atoms with Gasteiger partial charge in [-0.15, -0.1) is 0 Å². The predicted molar refractivity (Wildman–Crippen MR) is 94.6 cm³/mol. The van der Waals surface area contributed by atoms with Crippen LogP contribution in [0.25, 0.3) is 0 Å². The van der Waals surface area contributed by atoms with Crippen LogP contribution in [0.1, 0.15) is 25.0 Å². The van der Waals surface area contributed by atoms with Gasteiger partial charge in [0.25, 0.3) is 0 Å². The van der Waals surface area contributed by atoms with Gasteiger partial charge >= 0.3 is 6.18 Å². The summed E-state index contributed by atoms with van der Waals surface area (Å²) in [5.41, 5.74) is 1.32. The van der Waals surface area contributed by atoms with Gasteiger partial charge in [-0.25, -0.2) is 0 Å². The Labute approximate surface area is 146 Å². The van der Waals surface area contributed by atoms with Crippen molar-refractivity contribution >= 4 is 5.69 Å². The molecule has 0 radical (unpaired) electrons. The third kappa shape index (κ3) is 4.15. The van der Waals surface area contributed by atoms with E-state index in [4.69, 9.17) is 0 Å². The van der Waals surface area contributed by atoms with Gasteiger partial charge in [-0.3, -0.25) is 4.90 Å². The smallest absolute Gasteiger partial charge is 0.368 e. The van der Waals surface area contributed by atoms with E-state index >= 15 is 0 Å². The van der Waals surface area contributed by atoms with Crippen LogP contribution in [-0.2, 0) is 12.7 Å². The second-order valence-electron chi connectivity index (χ2n) is 6.81. The molecule has 2 aromatic rings. The Balaban J connectivity index is 1.74. The second-order valence-corrected chi connectivity index (χ2v) is 6.81. The Kier molecular flexibility index (Phi) is 5.04. The largest absolute Gasteiger partial charge is 0.416 e. The number of alkyl halides is 3. The molecule has 0 aliphatic carbocycles. The number of hydrogen-bond donors (Lipinski definition) is 0. The van der Waals surface area contributed by atoms with Gasteiger partial charge in [0.15, 0.2) is 0 Å². The minimum absolute atomic E-state index is 0.262. The maximum Gasteiger partial charge on any atom is 0.416 e. The Morgan fingerprint density at radius 3 is 2.16 bits per heavy atom. The number of benzene rings is 2. The van der Waals surface area contributed by atoms with E-state index in [9.17, 15) is 13.2 Å². The molecule has 1 fully saturated rings. The molecule has 0 saturated carbocycles. The number of nitrogens with zero attached hydrogens (tertiary/aromatic N) is 2. The van der Waals surface area contributed by atoms with E-state index in [1.807, 2.05) is 18.2 Å². The summed E-state index contributed by atoms with van der Waals surface area (Å²) in [4.78, 5) is 4.48. The van der Waals surface area contributed by atoms with Crippen LogP contribution >= 0.6 is 0 Å². The summed E-state index contributed by atoms with van der Waals surface area (Å²) in [5, 5.41) is 0. The zero-order valence-electron chi connectivity index (χ0n) is 14.5. The van der Waals surface area contributed by atoms with Gasteiger partial charge in [-0.2, -0.15) is 13.2 Å². The third-order valence-electron chi connectivity index (χ3n) is 4.85. The van der Waals surface area contributed by atoms with Crippen molar-refractivity contribution < 1.29 is 13.2 Å². The van der Waals surface area contributed by atoms with Crippen LogP contribution in [-0.4, -0.2) is 30.1 Å². The molecule has 134 valence electrons. The summed E-state index contributed by atoms with van der Waals surface area (Å²) >= 11 is 0. The van der Waals surface area contributed by atoms with Gasteiger partial charge < -0.3 is 4.90 Å². The summed E-state index contributed by atoms with van der Waals surface area (Å²) in [6.07, 6.45) is -4.30. The fourth-order valence-corrected chi connectivity index (χ4v) is 3.55. The molecule has 0 spiro atoms. The fraction of sp³-hybridized carbons (Fsp3) is 0.400. The lowest BCUT2D eigenvalue weighted by atomic mass is 10.0. The van der Waals surface area contributed by atoms with E-state index in [1.165, 1.54) is 17.7 Å². The molecule has 2 aromatic carbocycles. The fourth-order valence-electron chi connectivity index (χ4n) is 3.55. The van der Waals surface area contributed by atoms with Crippen molar-refractivity contribution in [2.45, 2.75) is 38.7 Å². The first-order valence-electron chi connectivity index (χ1n) is 8.56. The Morgan fingerprint density at radius 1 is 0.920 bits per heavy atom. The van der Waals surface area contributed by atoms with E-state index in [1.54, 1.807) is 6.07 Å². The van der Waals surface area contributed by atoms with Gasteiger partial charge in [0.1, 0.15) is 0 Å². The maximum absolute atomic E-state index is 13.0. The standard InChI is InChI=1S/C20H23F3N2/c1-15-12-24(19-10-6-9-18(11-19)20(21,22)23)13-16(2)25(15)14-17-7-4-3-5-8-17/h3-11,15-16H,12-14H2,1-2H3/t15-,16+. The Bertz CT molecular complexity index is 688. The molecule has 0 unspecified atom stereocenters. The monoisotopic (exact) mass is 348 g/mol. The van der Waals surface area contributed by atoms with Crippen molar-refractivity contribution in [3.8, 4) is 0 Å². The first-order valence-corrected chi connectivity index (χ1v) is 8.56. The van der Waals surface area contributed by atoms with Crippen LogP contribution in [0.5, 0.6) is 0 Å². The summed E-state index contributed by atoms with van der Waals surface area (Å²) in [7, 11) is 0. The number of anilines is 1. The van der Waals surface area contributed by atoms with Crippen LogP contribution in [0.4, 0.5) is 18.9 Å². The summed E-state index contributed by atoms with van der Waals surface area (Å²) in [6, 6.07) is 16.4. The minimum atomic E-state index is -4.30. The van der Waals surface area contributed by atoms with E-state index in [0.717, 1.165) is 25.7 Å². The summed E-state index contributed by atoms with van der Waals surface area (Å²) in [6.45, 7) is 6.58. The Morgan fingerprint density at radius 2 is 1.56 bits per heavy atom. The Hall–Kier alpha value is -2.01. The molecule has 2 nitrogen and oxygen atoms in total. The minimum Gasteiger partial charge on any atom is -0.368 e. The zero-order chi connectivity index (χ0) is 18.0. The first-order chi connectivity index (χ1) is 11.8. The predicted octanol–water partition coefficient (Wildman–Crippen LogP) is 4.80. The molecular weight excluding hydrogens is 325 g/mol. The van der Waals surface area contributed by atoms with Crippen LogP contribution in [0, 0.1) is 0 Å². The van der Waals surface area contributed by atoms with E-state index in [2.05, 4.69) is 35.8 Å². The molecule has 2 atom stereocenters. The third-order valence-corrected chi connectivity index (χ3v) is 4.85. The van der Waals surface area contributed by atoms with Crippen molar-refractivity contribution in [1.82, 2.24) is 4.90 Å². The molecular formula is C20H23F3N2. The lowest BCUT2D eigenvalue weighted by molar-refractivity contribution is -0.137. The number of piperazine rings is 1. The van der Waals surface area contributed by atoms with Crippen LogP contribution in [0.3, 0.4) is 0 Å². The molecule has 3 rings (SSSR count). The van der Waals surface area contributed by atoms with Crippen molar-refractivity contribution in [3.63, 3.8) is 0 Å². The van der Waals surface area contributed by atoms with Crippen molar-refractivity contribution in [2.24, 2.45) is 0 Å². The molecule has 0 bridgehead atoms. The lowest BCUT2D eigenvalue weighted by Gasteiger charge is -2.45. The molecule has 1 aliphatic rings. The highest BCUT2D eigenvalue weighted by atomic mass is 19.4. The van der Waals surface area contributed by atoms with Gasteiger partial charge in [0.2, 0.25) is 0 Å². The first kappa shape index (κ1) is 17.8. The van der Waals surface area contributed by atoms with Crippen LogP contribution in [0.2, 0.25) is 0 Å². The topological polar surface area (TPSA) is 6.48 Å². The molecule has 1 heterocycles. The molecule has 1 aliphatic heterocycles. The quantitative estimate of drug-likeness (QED) is 0.786. The van der Waals surface area contributed by atoms with Crippen LogP contribution < -0.4 is 4.90 Å². The summed E-state index contributed by atoms with van der Waals surface area (Å²) < 4.78 is 38.9. The number of hydrogen-bond acceptors (Lipinski definition) is 2. The second kappa shape index (κ2) is 7.08. The van der Waals surface area contributed by atoms with Crippen molar-refractivity contribution in [2.75, 3.05) is 18.0 Å². The van der Waals surface area contributed by atoms with Crippen molar-refractivity contribution in [3.05, 3.63) is 65.7 Å². The number of rotatable bonds is 3. The normalized spacial score (nSPS) is 22.2. The van der Waals surface area contributed by atoms with Crippen molar-refractivity contribution in [1.29, 1.82) is 0 Å². The zero-order valence-corrected chi connectivity index (χ0v) is 14.5. The van der Waals surface area contributed by atoms with Gasteiger partial charge in [-0.1, -0.05) is 36.4 Å². The lowest BCUT2D eigenvalue weighted by Crippen LogP contribution is -2.56. The molecule has 0 aromatic heterocycles. The average Bonchev–Trinajstić information content (AvgIpc) is 2.58. The molecule has 5 heteroatoms. The summed E-state index contributed by atoms with van der Waals surface area (Å²) in [5.74, 6) is 0. The van der Waals surface area contributed by atoms with Gasteiger partial charge in [0.05, 0.1) is 5.56 Å². The highest BCUT2D eigenvalue weighted by Crippen LogP contribution is 2.32. The SMILES string of the molecule is C[C@@H]1CN(c2cccc(C(F)(F)F)c2)C[C@H](C)N1Cc1ccccc1. The van der Waals surface area contributed by atoms with Crippen LogP contribution in [0.15, 0.2) is 54.6 Å². The maximum atomic E-state index is 13.0. The molecule has 0 amide bonds. The molecule has 0 N–H and O–H groups in total. The average molecular weight is 348 g/mol.